The predicted octanol–water partition coefficient (Wildman–Crippen LogP) is 6.36. The zero-order valence-corrected chi connectivity index (χ0v) is 25.3. The molecule has 0 saturated heterocycles. The zero-order chi connectivity index (χ0) is 31.1. The third kappa shape index (κ3) is 7.99. The minimum atomic E-state index is -0.694. The van der Waals surface area contributed by atoms with Crippen LogP contribution in [0.1, 0.15) is 51.3 Å². The van der Waals surface area contributed by atoms with Crippen LogP contribution in [-0.2, 0) is 20.8 Å². The van der Waals surface area contributed by atoms with Gasteiger partial charge in [0.1, 0.15) is 17.4 Å². The first-order valence-corrected chi connectivity index (χ1v) is 14.0. The average molecular weight is 589 g/mol. The topological polar surface area (TPSA) is 123 Å². The number of carbonyl (C=O) groups excluding carboxylic acids is 1. The maximum Gasteiger partial charge on any atom is 0.306 e. The lowest BCUT2D eigenvalue weighted by Crippen LogP contribution is -2.28. The Morgan fingerprint density at radius 1 is 1.12 bits per heavy atom. The summed E-state index contributed by atoms with van der Waals surface area (Å²) in [6.45, 7) is 8.46. The molecule has 0 bridgehead atoms. The number of benzene rings is 2. The number of nitrogens with one attached hydrogen (secondary N) is 2. The van der Waals surface area contributed by atoms with Crippen molar-refractivity contribution in [3.05, 3.63) is 71.7 Å². The number of nitrogens with zero attached hydrogens (tertiary/aromatic N) is 4. The lowest BCUT2D eigenvalue weighted by Gasteiger charge is -2.28. The van der Waals surface area contributed by atoms with E-state index in [1.54, 1.807) is 32.5 Å². The van der Waals surface area contributed by atoms with E-state index >= 15 is 4.39 Å². The number of carbonyl (C=O) groups is 1. The number of esters is 1. The van der Waals surface area contributed by atoms with Gasteiger partial charge in [-0.1, -0.05) is 19.1 Å². The molecule has 0 amide bonds. The molecule has 0 unspecified atom stereocenters. The Bertz CT molecular complexity index is 1610. The number of hydrogen-bond donors (Lipinski definition) is 2. The van der Waals surface area contributed by atoms with Gasteiger partial charge in [-0.3, -0.25) is 9.48 Å². The monoisotopic (exact) mass is 588 g/mol. The number of fused-ring (bicyclic) bond motifs is 1. The number of ether oxygens (including phenoxy) is 3. The SMILES string of the molecule is COCCn1ncc2cc(Nc3nc(N[C@H](c4ccc(OC)cc4)[C@H](C)CC(=O)OC(C)(C)C)c(F)cc3C#N)ccc21. The van der Waals surface area contributed by atoms with Crippen LogP contribution in [0.2, 0.25) is 0 Å². The van der Waals surface area contributed by atoms with Gasteiger partial charge in [0.05, 0.1) is 50.0 Å². The van der Waals surface area contributed by atoms with Crippen molar-refractivity contribution in [2.75, 3.05) is 31.5 Å². The van der Waals surface area contributed by atoms with Crippen molar-refractivity contribution in [1.82, 2.24) is 14.8 Å². The summed E-state index contributed by atoms with van der Waals surface area (Å²) in [5.41, 5.74) is 1.80. The lowest BCUT2D eigenvalue weighted by molar-refractivity contribution is -0.155. The Kier molecular flexibility index (Phi) is 9.83. The Labute approximate surface area is 250 Å². The van der Waals surface area contributed by atoms with Gasteiger partial charge in [0, 0.05) is 18.2 Å². The minimum Gasteiger partial charge on any atom is -0.497 e. The minimum absolute atomic E-state index is 0.0433. The lowest BCUT2D eigenvalue weighted by atomic mass is 9.91. The second kappa shape index (κ2) is 13.5. The number of aromatic nitrogens is 3. The first-order valence-electron chi connectivity index (χ1n) is 14.0. The number of anilines is 3. The van der Waals surface area contributed by atoms with Gasteiger partial charge in [0.2, 0.25) is 0 Å². The second-order valence-corrected chi connectivity index (χ2v) is 11.2. The van der Waals surface area contributed by atoms with Crippen LogP contribution in [0.5, 0.6) is 5.75 Å². The zero-order valence-electron chi connectivity index (χ0n) is 25.3. The van der Waals surface area contributed by atoms with Crippen molar-refractivity contribution < 1.29 is 23.4 Å². The standard InChI is InChI=1S/C32H37FN6O4/c1-20(15-28(40)43-32(2,3)4)29(21-7-10-25(42-6)11-8-21)37-31-26(33)17-22(18-34)30(38-31)36-24-9-12-27-23(16-24)19-35-39(27)13-14-41-5/h7-12,16-17,19-20,29H,13-15H2,1-6H3,(H2,36,37,38)/t20-,29+/m1/s1. The van der Waals surface area contributed by atoms with Crippen LogP contribution in [0.15, 0.2) is 54.7 Å². The fourth-order valence-corrected chi connectivity index (χ4v) is 4.70. The van der Waals surface area contributed by atoms with Crippen LogP contribution in [-0.4, -0.2) is 47.2 Å². The largest absolute Gasteiger partial charge is 0.497 e. The van der Waals surface area contributed by atoms with Gasteiger partial charge in [-0.15, -0.1) is 0 Å². The third-order valence-corrected chi connectivity index (χ3v) is 6.75. The molecule has 11 heteroatoms. The Morgan fingerprint density at radius 2 is 1.86 bits per heavy atom. The highest BCUT2D eigenvalue weighted by molar-refractivity contribution is 5.83. The summed E-state index contributed by atoms with van der Waals surface area (Å²) in [6.07, 6.45) is 1.83. The van der Waals surface area contributed by atoms with Crippen molar-refractivity contribution in [3.8, 4) is 11.8 Å². The van der Waals surface area contributed by atoms with Gasteiger partial charge in [-0.25, -0.2) is 9.37 Å². The van der Waals surface area contributed by atoms with E-state index in [-0.39, 0.29) is 35.5 Å². The summed E-state index contributed by atoms with van der Waals surface area (Å²) in [4.78, 5) is 17.2. The van der Waals surface area contributed by atoms with Crippen molar-refractivity contribution >= 4 is 34.2 Å². The molecule has 0 aliphatic heterocycles. The second-order valence-electron chi connectivity index (χ2n) is 11.2. The summed E-state index contributed by atoms with van der Waals surface area (Å²) in [5.74, 6) is -0.583. The molecule has 0 spiro atoms. The molecule has 2 atom stereocenters. The summed E-state index contributed by atoms with van der Waals surface area (Å²) in [6, 6.07) is 15.6. The maximum atomic E-state index is 15.4. The normalized spacial score (nSPS) is 12.8. The number of halogens is 1. The smallest absolute Gasteiger partial charge is 0.306 e. The summed E-state index contributed by atoms with van der Waals surface area (Å²) >= 11 is 0. The van der Waals surface area contributed by atoms with E-state index < -0.39 is 17.5 Å². The number of methoxy groups -OCH3 is 2. The molecular weight excluding hydrogens is 551 g/mol. The molecule has 226 valence electrons. The molecule has 0 saturated carbocycles. The fourth-order valence-electron chi connectivity index (χ4n) is 4.70. The number of rotatable bonds is 12. The van der Waals surface area contributed by atoms with E-state index in [0.717, 1.165) is 22.5 Å². The molecular formula is C32H37FN6O4. The summed E-state index contributed by atoms with van der Waals surface area (Å²) in [5, 5.41) is 21.4. The molecule has 0 fully saturated rings. The van der Waals surface area contributed by atoms with Crippen LogP contribution in [0.3, 0.4) is 0 Å². The van der Waals surface area contributed by atoms with Crippen molar-refractivity contribution in [2.24, 2.45) is 5.92 Å². The molecule has 0 aliphatic carbocycles. The van der Waals surface area contributed by atoms with E-state index in [0.29, 0.717) is 24.6 Å². The molecule has 2 aromatic carbocycles. The highest BCUT2D eigenvalue weighted by Gasteiger charge is 2.27. The van der Waals surface area contributed by atoms with Crippen LogP contribution < -0.4 is 15.4 Å². The summed E-state index contributed by atoms with van der Waals surface area (Å²) < 4.78 is 33.2. The average Bonchev–Trinajstić information content (AvgIpc) is 3.37. The van der Waals surface area contributed by atoms with Crippen molar-refractivity contribution in [3.63, 3.8) is 0 Å². The first-order chi connectivity index (χ1) is 20.5. The van der Waals surface area contributed by atoms with Gasteiger partial charge in [0.25, 0.3) is 0 Å². The Morgan fingerprint density at radius 3 is 2.51 bits per heavy atom. The van der Waals surface area contributed by atoms with Crippen LogP contribution in [0, 0.1) is 23.1 Å². The number of nitriles is 1. The van der Waals surface area contributed by atoms with Crippen LogP contribution in [0.4, 0.5) is 21.7 Å². The Hall–Kier alpha value is -4.69. The number of hydrogen-bond acceptors (Lipinski definition) is 9. The molecule has 43 heavy (non-hydrogen) atoms. The molecule has 10 nitrogen and oxygen atoms in total. The maximum absolute atomic E-state index is 15.4. The highest BCUT2D eigenvalue weighted by Crippen LogP contribution is 2.33. The van der Waals surface area contributed by atoms with E-state index in [1.165, 1.54) is 0 Å². The molecule has 4 rings (SSSR count). The Balaban J connectivity index is 1.64. The first kappa shape index (κ1) is 31.3. The molecule has 0 radical (unpaired) electrons. The van der Waals surface area contributed by atoms with Gasteiger partial charge in [-0.05, 0) is 68.7 Å². The van der Waals surface area contributed by atoms with E-state index in [4.69, 9.17) is 14.2 Å². The van der Waals surface area contributed by atoms with E-state index in [2.05, 4.69) is 20.7 Å². The molecule has 4 aromatic rings. The van der Waals surface area contributed by atoms with Crippen molar-refractivity contribution in [1.29, 1.82) is 5.26 Å². The van der Waals surface area contributed by atoms with Crippen LogP contribution in [0.25, 0.3) is 10.9 Å². The van der Waals surface area contributed by atoms with Crippen LogP contribution >= 0.6 is 0 Å². The third-order valence-electron chi connectivity index (χ3n) is 6.75. The molecule has 2 heterocycles. The summed E-state index contributed by atoms with van der Waals surface area (Å²) in [7, 11) is 3.21. The molecule has 2 N–H and O–H groups in total. The van der Waals surface area contributed by atoms with Crippen molar-refractivity contribution in [2.45, 2.75) is 52.3 Å². The van der Waals surface area contributed by atoms with Gasteiger partial charge in [-0.2, -0.15) is 10.4 Å². The van der Waals surface area contributed by atoms with Gasteiger partial charge >= 0.3 is 5.97 Å². The van der Waals surface area contributed by atoms with Gasteiger partial charge < -0.3 is 24.8 Å². The molecule has 2 aromatic heterocycles. The quantitative estimate of drug-likeness (QED) is 0.182. The fraction of sp³-hybridized carbons (Fsp3) is 0.375. The predicted molar refractivity (Wildman–Crippen MR) is 163 cm³/mol. The number of pyridine rings is 1. The van der Waals surface area contributed by atoms with E-state index in [9.17, 15) is 10.1 Å². The molecule has 0 aliphatic rings. The highest BCUT2D eigenvalue weighted by atomic mass is 19.1. The van der Waals surface area contributed by atoms with E-state index in [1.807, 2.05) is 68.8 Å². The van der Waals surface area contributed by atoms with Gasteiger partial charge in [0.15, 0.2) is 17.5 Å².